The van der Waals surface area contributed by atoms with Gasteiger partial charge in [-0.05, 0) is 24.7 Å². The molecule has 0 saturated heterocycles. The highest BCUT2D eigenvalue weighted by Gasteiger charge is 2.25. The van der Waals surface area contributed by atoms with Crippen LogP contribution in [0.4, 0.5) is 11.6 Å². The predicted octanol–water partition coefficient (Wildman–Crippen LogP) is 2.78. The number of hydrogen-bond donors (Lipinski definition) is 2. The van der Waals surface area contributed by atoms with E-state index < -0.39 is 0 Å². The average Bonchev–Trinajstić information content (AvgIpc) is 2.64. The Morgan fingerprint density at radius 1 is 1.35 bits per heavy atom. The molecule has 0 spiro atoms. The van der Waals surface area contributed by atoms with Gasteiger partial charge in [0.05, 0.1) is 0 Å². The van der Waals surface area contributed by atoms with E-state index in [9.17, 15) is 0 Å². The van der Waals surface area contributed by atoms with E-state index in [-0.39, 0.29) is 0 Å². The van der Waals surface area contributed by atoms with Crippen LogP contribution in [0.1, 0.15) is 51.5 Å². The molecule has 1 aliphatic carbocycles. The van der Waals surface area contributed by atoms with E-state index in [2.05, 4.69) is 36.1 Å². The Balaban J connectivity index is 2.23. The van der Waals surface area contributed by atoms with Crippen LogP contribution >= 0.6 is 0 Å². The number of hydrogen-bond acceptors (Lipinski definition) is 4. The van der Waals surface area contributed by atoms with E-state index in [1.165, 1.54) is 19.3 Å². The van der Waals surface area contributed by atoms with Gasteiger partial charge in [-0.1, -0.05) is 27.2 Å². The maximum absolute atomic E-state index is 5.94. The van der Waals surface area contributed by atoms with E-state index in [1.54, 1.807) is 6.33 Å². The molecule has 2 atom stereocenters. The zero-order chi connectivity index (χ0) is 12.4. The third kappa shape index (κ3) is 2.51. The molecule has 0 aliphatic heterocycles. The molecule has 1 aliphatic rings. The van der Waals surface area contributed by atoms with Gasteiger partial charge in [0.1, 0.15) is 18.0 Å². The van der Waals surface area contributed by atoms with Crippen LogP contribution in [0.2, 0.25) is 0 Å². The molecule has 2 rings (SSSR count). The first-order valence-corrected chi connectivity index (χ1v) is 6.46. The molecule has 0 aromatic carbocycles. The highest BCUT2D eigenvalue weighted by Crippen LogP contribution is 2.31. The number of anilines is 2. The van der Waals surface area contributed by atoms with Crippen LogP contribution in [0.5, 0.6) is 0 Å². The fraction of sp³-hybridized carbons (Fsp3) is 0.692. The molecule has 1 aromatic rings. The minimum Gasteiger partial charge on any atom is -0.383 e. The second kappa shape index (κ2) is 4.90. The van der Waals surface area contributed by atoms with Crippen LogP contribution in [0.15, 0.2) is 6.33 Å². The molecule has 1 saturated carbocycles. The zero-order valence-corrected chi connectivity index (χ0v) is 10.9. The molecule has 0 bridgehead atoms. The van der Waals surface area contributed by atoms with Gasteiger partial charge in [0, 0.05) is 11.6 Å². The maximum atomic E-state index is 5.94. The largest absolute Gasteiger partial charge is 0.383 e. The number of nitrogens with one attached hydrogen (secondary N) is 1. The molecule has 4 heteroatoms. The smallest absolute Gasteiger partial charge is 0.135 e. The molecule has 94 valence electrons. The average molecular weight is 234 g/mol. The lowest BCUT2D eigenvalue weighted by Crippen LogP contribution is -2.24. The summed E-state index contributed by atoms with van der Waals surface area (Å²) in [5, 5.41) is 3.55. The SMILES string of the molecule is CC(C)c1c(N)ncnc1NC1CCCC1C. The van der Waals surface area contributed by atoms with E-state index in [1.807, 2.05) is 0 Å². The molecule has 3 N–H and O–H groups in total. The molecule has 0 radical (unpaired) electrons. The van der Waals surface area contributed by atoms with Gasteiger partial charge in [0.2, 0.25) is 0 Å². The summed E-state index contributed by atoms with van der Waals surface area (Å²) < 4.78 is 0. The molecule has 1 fully saturated rings. The molecule has 17 heavy (non-hydrogen) atoms. The summed E-state index contributed by atoms with van der Waals surface area (Å²) in [4.78, 5) is 8.44. The number of nitrogens with two attached hydrogens (primary N) is 1. The summed E-state index contributed by atoms with van der Waals surface area (Å²) in [6.45, 7) is 6.54. The first-order chi connectivity index (χ1) is 8.09. The van der Waals surface area contributed by atoms with E-state index >= 15 is 0 Å². The Kier molecular flexibility index (Phi) is 3.50. The Morgan fingerprint density at radius 3 is 2.71 bits per heavy atom. The van der Waals surface area contributed by atoms with Crippen LogP contribution in [-0.2, 0) is 0 Å². The van der Waals surface area contributed by atoms with E-state index in [0.29, 0.717) is 23.7 Å². The van der Waals surface area contributed by atoms with Gasteiger partial charge >= 0.3 is 0 Å². The fourth-order valence-corrected chi connectivity index (χ4v) is 2.63. The van der Waals surface area contributed by atoms with Crippen molar-refractivity contribution >= 4 is 11.6 Å². The lowest BCUT2D eigenvalue weighted by atomic mass is 10.0. The number of rotatable bonds is 3. The van der Waals surface area contributed by atoms with Crippen molar-refractivity contribution in [2.24, 2.45) is 5.92 Å². The van der Waals surface area contributed by atoms with Crippen molar-refractivity contribution in [1.29, 1.82) is 0 Å². The van der Waals surface area contributed by atoms with E-state index in [0.717, 1.165) is 11.4 Å². The van der Waals surface area contributed by atoms with Crippen molar-refractivity contribution in [3.8, 4) is 0 Å². The van der Waals surface area contributed by atoms with Gasteiger partial charge in [0.25, 0.3) is 0 Å². The number of nitrogen functional groups attached to an aromatic ring is 1. The second-order valence-electron chi connectivity index (χ2n) is 5.33. The van der Waals surface area contributed by atoms with E-state index in [4.69, 9.17) is 5.73 Å². The van der Waals surface area contributed by atoms with Crippen LogP contribution in [0.25, 0.3) is 0 Å². The van der Waals surface area contributed by atoms with Crippen molar-refractivity contribution in [2.75, 3.05) is 11.1 Å². The number of aromatic nitrogens is 2. The van der Waals surface area contributed by atoms with Gasteiger partial charge in [-0.15, -0.1) is 0 Å². The van der Waals surface area contributed by atoms with Crippen LogP contribution in [-0.4, -0.2) is 16.0 Å². The molecule has 2 unspecified atom stereocenters. The zero-order valence-electron chi connectivity index (χ0n) is 10.9. The maximum Gasteiger partial charge on any atom is 0.135 e. The third-order valence-electron chi connectivity index (χ3n) is 3.68. The van der Waals surface area contributed by atoms with Crippen LogP contribution < -0.4 is 11.1 Å². The molecule has 0 amide bonds. The normalized spacial score (nSPS) is 24.2. The summed E-state index contributed by atoms with van der Waals surface area (Å²) in [6, 6.07) is 0.529. The van der Waals surface area contributed by atoms with Gasteiger partial charge < -0.3 is 11.1 Å². The summed E-state index contributed by atoms with van der Waals surface area (Å²) in [5.74, 6) is 2.58. The molecular weight excluding hydrogens is 212 g/mol. The monoisotopic (exact) mass is 234 g/mol. The summed E-state index contributed by atoms with van der Waals surface area (Å²) >= 11 is 0. The highest BCUT2D eigenvalue weighted by molar-refractivity contribution is 5.57. The molecule has 1 heterocycles. The van der Waals surface area contributed by atoms with Crippen molar-refractivity contribution in [2.45, 2.75) is 52.0 Å². The summed E-state index contributed by atoms with van der Waals surface area (Å²) in [7, 11) is 0. The highest BCUT2D eigenvalue weighted by atomic mass is 15.1. The van der Waals surface area contributed by atoms with Crippen molar-refractivity contribution in [1.82, 2.24) is 9.97 Å². The minimum absolute atomic E-state index is 0.343. The third-order valence-corrected chi connectivity index (χ3v) is 3.68. The van der Waals surface area contributed by atoms with Gasteiger partial charge in [-0.2, -0.15) is 0 Å². The first kappa shape index (κ1) is 12.1. The summed E-state index contributed by atoms with van der Waals surface area (Å²) in [6.07, 6.45) is 5.37. The molecule has 1 aromatic heterocycles. The lowest BCUT2D eigenvalue weighted by molar-refractivity contribution is 0.553. The Morgan fingerprint density at radius 2 is 2.12 bits per heavy atom. The van der Waals surface area contributed by atoms with Gasteiger partial charge in [-0.3, -0.25) is 0 Å². The minimum atomic E-state index is 0.343. The standard InChI is InChI=1S/C13H22N4/c1-8(2)11-12(14)15-7-16-13(11)17-10-6-4-5-9(10)3/h7-10H,4-6H2,1-3H3,(H3,14,15,16,17). The van der Waals surface area contributed by atoms with Gasteiger partial charge in [0.15, 0.2) is 0 Å². The molecule has 4 nitrogen and oxygen atoms in total. The Bertz CT molecular complexity index is 389. The van der Waals surface area contributed by atoms with Crippen LogP contribution in [0.3, 0.4) is 0 Å². The predicted molar refractivity (Wildman–Crippen MR) is 71.0 cm³/mol. The fourth-order valence-electron chi connectivity index (χ4n) is 2.63. The Labute approximate surface area is 103 Å². The topological polar surface area (TPSA) is 63.8 Å². The first-order valence-electron chi connectivity index (χ1n) is 6.46. The van der Waals surface area contributed by atoms with Crippen molar-refractivity contribution < 1.29 is 0 Å². The molecular formula is C13H22N4. The van der Waals surface area contributed by atoms with Gasteiger partial charge in [-0.25, -0.2) is 9.97 Å². The van der Waals surface area contributed by atoms with Crippen molar-refractivity contribution in [3.05, 3.63) is 11.9 Å². The Hall–Kier alpha value is -1.32. The quantitative estimate of drug-likeness (QED) is 0.844. The summed E-state index contributed by atoms with van der Waals surface area (Å²) in [5.41, 5.74) is 6.99. The lowest BCUT2D eigenvalue weighted by Gasteiger charge is -2.21. The van der Waals surface area contributed by atoms with Crippen molar-refractivity contribution in [3.63, 3.8) is 0 Å². The van der Waals surface area contributed by atoms with Crippen LogP contribution in [0, 0.1) is 5.92 Å². The second-order valence-corrected chi connectivity index (χ2v) is 5.33. The number of nitrogens with zero attached hydrogens (tertiary/aromatic N) is 2.